The molecule has 0 saturated heterocycles. The van der Waals surface area contributed by atoms with Crippen molar-refractivity contribution >= 4 is 16.8 Å². The Balaban J connectivity index is 0.000000269. The Morgan fingerprint density at radius 1 is 0.437 bits per heavy atom. The molecule has 9 heteroatoms. The standard InChI is InChI=1S/C32H36N3.C23H20N3.C5H10.CH3.CH2.2ClH.Fe/c1-34-22-17-29(18-23-34)30-19-24-35(25-20-30)32-15-11-28(12-16-32)27-9-13-31(14-10-27)33-21-5-4-8-26-6-2-3-7-26;1-25-14-10-20(11-15-25)21-12-16-26(17-13-21)23-8-4-19(5-9-23)18-2-6-22(24)7-3-18;1-2-4-5-3-1;;;;;/h9-20,22-26H,2-8,21H2,1H3;2-17,24H,1H3;1-5H2;1H3;1H2;2*1H;/q2*+1;;-1;;;;+1. The van der Waals surface area contributed by atoms with Crippen LogP contribution >= 0.6 is 0 Å². The number of anilines is 2. The number of nitrogens with two attached hydrogens (primary N) is 1. The summed E-state index contributed by atoms with van der Waals surface area (Å²) >= 11 is 3.00. The summed E-state index contributed by atoms with van der Waals surface area (Å²) in [5.74, 6) is 1.01. The SMILES string of the molecule is C1CCCC1.C[n+]1ccc(-c2cc[n+](-c3ccc(-c4ccc(N)cc4)cc3)cc2)cc1.C[n+]1ccc(-c2cc[n+](-c3ccc(-c4ccc(NCCCCC5CCCC5)cc4)cc3)cc2)cc1.[CH2]=[Fe+].[CH3-].[Cl-].[Cl-]. The molecule has 2 saturated carbocycles. The third kappa shape index (κ3) is 17.7. The van der Waals surface area contributed by atoms with Gasteiger partial charge in [0.2, 0.25) is 11.4 Å². The van der Waals surface area contributed by atoms with Crippen molar-refractivity contribution in [3.63, 3.8) is 0 Å². The van der Waals surface area contributed by atoms with Crippen molar-refractivity contribution in [1.29, 1.82) is 0 Å². The van der Waals surface area contributed by atoms with Crippen LogP contribution in [0.2, 0.25) is 0 Å². The topological polar surface area (TPSA) is 53.6 Å². The normalized spacial score (nSPS) is 12.4. The van der Waals surface area contributed by atoms with E-state index in [4.69, 9.17) is 5.73 Å². The molecular formula is C62H73Cl2FeN6+2. The molecule has 4 heterocycles. The molecule has 2 fully saturated rings. The van der Waals surface area contributed by atoms with E-state index in [-0.39, 0.29) is 32.2 Å². The fourth-order valence-electron chi connectivity index (χ4n) is 9.05. The molecule has 0 aliphatic heterocycles. The first-order valence-electron chi connectivity index (χ1n) is 24.5. The van der Waals surface area contributed by atoms with E-state index in [1.807, 2.05) is 42.9 Å². The van der Waals surface area contributed by atoms with E-state index in [2.05, 4.69) is 211 Å². The minimum Gasteiger partial charge on any atom is -1.00 e. The maximum Gasteiger partial charge on any atom is -0.358 e. The molecule has 371 valence electrons. The number of benzene rings is 4. The van der Waals surface area contributed by atoms with Gasteiger partial charge in [-0.05, 0) is 105 Å². The van der Waals surface area contributed by atoms with E-state index in [1.165, 1.54) is 127 Å². The van der Waals surface area contributed by atoms with Gasteiger partial charge in [0.1, 0.15) is 14.1 Å². The van der Waals surface area contributed by atoms with Crippen LogP contribution in [0.4, 0.5) is 11.4 Å². The molecule has 0 atom stereocenters. The van der Waals surface area contributed by atoms with Gasteiger partial charge >= 0.3 is 21.0 Å². The van der Waals surface area contributed by atoms with Gasteiger partial charge in [-0.25, -0.2) is 9.13 Å². The van der Waals surface area contributed by atoms with E-state index in [9.17, 15) is 0 Å². The number of hydrogen-bond donors (Lipinski definition) is 2. The second-order valence-electron chi connectivity index (χ2n) is 18.1. The van der Waals surface area contributed by atoms with Gasteiger partial charge in [-0.2, -0.15) is 9.13 Å². The fourth-order valence-corrected chi connectivity index (χ4v) is 9.05. The molecule has 71 heavy (non-hydrogen) atoms. The average Bonchev–Trinajstić information content (AvgIpc) is 4.18. The number of hydrogen-bond acceptors (Lipinski definition) is 2. The van der Waals surface area contributed by atoms with Crippen LogP contribution in [0.3, 0.4) is 0 Å². The van der Waals surface area contributed by atoms with Gasteiger partial charge < -0.3 is 43.3 Å². The first-order chi connectivity index (χ1) is 33.4. The van der Waals surface area contributed by atoms with Crippen LogP contribution in [-0.4, -0.2) is 12.0 Å². The van der Waals surface area contributed by atoms with E-state index < -0.39 is 0 Å². The Morgan fingerprint density at radius 3 is 1.11 bits per heavy atom. The second-order valence-corrected chi connectivity index (χ2v) is 18.1. The van der Waals surface area contributed by atoms with Crippen LogP contribution < -0.4 is 54.1 Å². The van der Waals surface area contributed by atoms with Crippen molar-refractivity contribution in [3.05, 3.63) is 203 Å². The zero-order chi connectivity index (χ0) is 47.3. The minimum atomic E-state index is 0. The maximum atomic E-state index is 5.76. The van der Waals surface area contributed by atoms with Crippen molar-refractivity contribution in [3.8, 4) is 55.9 Å². The number of nitrogens with one attached hydrogen (secondary N) is 1. The van der Waals surface area contributed by atoms with Crippen LogP contribution in [0.1, 0.15) is 77.0 Å². The van der Waals surface area contributed by atoms with Crippen molar-refractivity contribution in [2.75, 3.05) is 17.6 Å². The van der Waals surface area contributed by atoms with Gasteiger partial charge in [0.15, 0.2) is 49.6 Å². The quantitative estimate of drug-likeness (QED) is 0.0458. The number of nitrogen functional groups attached to an aromatic ring is 1. The van der Waals surface area contributed by atoms with Crippen molar-refractivity contribution < 1.29 is 58.7 Å². The molecule has 2 aliphatic carbocycles. The van der Waals surface area contributed by atoms with Crippen molar-refractivity contribution in [2.24, 2.45) is 20.0 Å². The smallest absolute Gasteiger partial charge is 0.358 e. The summed E-state index contributed by atoms with van der Waals surface area (Å²) in [7, 11) is 4.06. The molecule has 4 aromatic heterocycles. The number of nitrogens with zero attached hydrogens (tertiary/aromatic N) is 4. The molecule has 2 aliphatic rings. The first-order valence-corrected chi connectivity index (χ1v) is 25.3. The summed E-state index contributed by atoms with van der Waals surface area (Å²) in [5, 5.41) is 3.59. The van der Waals surface area contributed by atoms with Crippen molar-refractivity contribution in [1.82, 2.24) is 0 Å². The Labute approximate surface area is 445 Å². The number of halogens is 2. The maximum absolute atomic E-state index is 5.76. The number of rotatable bonds is 12. The van der Waals surface area contributed by atoms with E-state index in [1.54, 1.807) is 0 Å². The van der Waals surface area contributed by atoms with Gasteiger partial charge in [0.25, 0.3) is 0 Å². The molecule has 0 unspecified atom stereocenters. The Morgan fingerprint density at radius 2 is 0.746 bits per heavy atom. The predicted octanol–water partition coefficient (Wildman–Crippen LogP) is 6.97. The molecule has 10 rings (SSSR count). The summed E-state index contributed by atoms with van der Waals surface area (Å²) in [6.45, 7) is 1.07. The second kappa shape index (κ2) is 30.7. The molecule has 4 aromatic carbocycles. The number of aryl methyl sites for hydroxylation is 2. The number of unbranched alkanes of at least 4 members (excludes halogenated alkanes) is 1. The molecule has 0 bridgehead atoms. The van der Waals surface area contributed by atoms with Crippen molar-refractivity contribution in [2.45, 2.75) is 77.0 Å². The van der Waals surface area contributed by atoms with Crippen LogP contribution in [0.5, 0.6) is 0 Å². The van der Waals surface area contributed by atoms with Crippen LogP contribution in [0, 0.1) is 13.3 Å². The zero-order valence-corrected chi connectivity index (χ0v) is 44.5. The van der Waals surface area contributed by atoms with Gasteiger partial charge in [0.05, 0.1) is 0 Å². The molecule has 8 aromatic rings. The van der Waals surface area contributed by atoms with Crippen LogP contribution in [0.15, 0.2) is 195 Å². The average molecular weight is 1030 g/mol. The van der Waals surface area contributed by atoms with Gasteiger partial charge in [-0.15, -0.1) is 0 Å². The van der Waals surface area contributed by atoms with Crippen LogP contribution in [-0.2, 0) is 29.7 Å². The predicted molar refractivity (Wildman–Crippen MR) is 285 cm³/mol. The molecule has 0 amide bonds. The van der Waals surface area contributed by atoms with E-state index >= 15 is 0 Å². The Kier molecular flexibility index (Phi) is 24.9. The molecular weight excluding hydrogens is 955 g/mol. The van der Waals surface area contributed by atoms with Gasteiger partial charge in [-0.3, -0.25) is 0 Å². The third-order valence-corrected chi connectivity index (χ3v) is 13.2. The Bertz CT molecular complexity index is 2590. The fraction of sp³-hybridized carbons (Fsp3) is 0.258. The number of aromatic nitrogens is 4. The van der Waals surface area contributed by atoms with E-state index in [0.717, 1.165) is 29.5 Å². The zero-order valence-electron chi connectivity index (χ0n) is 41.9. The third-order valence-electron chi connectivity index (χ3n) is 13.2. The molecule has 6 nitrogen and oxygen atoms in total. The van der Waals surface area contributed by atoms with Gasteiger partial charge in [-0.1, -0.05) is 94.9 Å². The summed E-state index contributed by atoms with van der Waals surface area (Å²) < 4.78 is 8.38. The summed E-state index contributed by atoms with van der Waals surface area (Å²) in [6, 6.07) is 51.3. The van der Waals surface area contributed by atoms with Crippen LogP contribution in [0.25, 0.3) is 55.9 Å². The monoisotopic (exact) mass is 1030 g/mol. The molecule has 3 N–H and O–H groups in total. The summed E-state index contributed by atoms with van der Waals surface area (Å²) in [4.78, 5) is 0. The first kappa shape index (κ1) is 57.6. The summed E-state index contributed by atoms with van der Waals surface area (Å²) in [5.41, 5.74) is 22.8. The Hall–Kier alpha value is -5.95. The molecule has 0 radical (unpaired) electrons. The minimum absolute atomic E-state index is 0. The largest absolute Gasteiger partial charge is 1.00 e. The summed E-state index contributed by atoms with van der Waals surface area (Å²) in [6.07, 6.45) is 34.1. The number of pyridine rings is 4. The van der Waals surface area contributed by atoms with Gasteiger partial charge in [0, 0.05) is 90.7 Å². The van der Waals surface area contributed by atoms with E-state index in [0.29, 0.717) is 0 Å². The molecule has 0 spiro atoms.